The molecule has 1 aliphatic heterocycles. The van der Waals surface area contributed by atoms with Crippen molar-refractivity contribution >= 4 is 5.69 Å². The maximum Gasteiger partial charge on any atom is 0.152 e. The van der Waals surface area contributed by atoms with Gasteiger partial charge in [0.05, 0.1) is 0 Å². The quantitative estimate of drug-likeness (QED) is 0.901. The Hall–Kier alpha value is -1.16. The van der Waals surface area contributed by atoms with E-state index < -0.39 is 11.6 Å². The molecular weight excluding hydrogens is 246 g/mol. The normalized spacial score (nSPS) is 23.1. The molecule has 1 saturated heterocycles. The summed E-state index contributed by atoms with van der Waals surface area (Å²) in [6, 6.07) is 3.56. The van der Waals surface area contributed by atoms with E-state index in [0.717, 1.165) is 26.1 Å². The molecule has 104 valence electrons. The Morgan fingerprint density at radius 2 is 2.05 bits per heavy atom. The maximum atomic E-state index is 14.1. The van der Waals surface area contributed by atoms with Gasteiger partial charge in [-0.25, -0.2) is 8.78 Å². The fourth-order valence-corrected chi connectivity index (χ4v) is 2.75. The highest BCUT2D eigenvalue weighted by Gasteiger charge is 2.29. The van der Waals surface area contributed by atoms with E-state index in [1.165, 1.54) is 25.0 Å². The van der Waals surface area contributed by atoms with Crippen molar-refractivity contribution < 1.29 is 8.78 Å². The lowest BCUT2D eigenvalue weighted by Gasteiger charge is -2.21. The summed E-state index contributed by atoms with van der Waals surface area (Å²) in [7, 11) is 0. The number of hydrogen-bond donors (Lipinski definition) is 1. The van der Waals surface area contributed by atoms with Crippen LogP contribution < -0.4 is 10.2 Å². The second-order valence-corrected chi connectivity index (χ2v) is 5.81. The zero-order valence-corrected chi connectivity index (χ0v) is 11.3. The summed E-state index contributed by atoms with van der Waals surface area (Å²) < 4.78 is 27.9. The van der Waals surface area contributed by atoms with Crippen LogP contribution in [0.5, 0.6) is 0 Å². The lowest BCUT2D eigenvalue weighted by molar-refractivity contribution is 0.512. The molecule has 1 unspecified atom stereocenters. The first kappa shape index (κ1) is 12.9. The molecule has 1 saturated carbocycles. The summed E-state index contributed by atoms with van der Waals surface area (Å²) in [5.41, 5.74) is 0.671. The summed E-state index contributed by atoms with van der Waals surface area (Å²) in [5, 5.41) is 3.50. The van der Waals surface area contributed by atoms with Gasteiger partial charge in [-0.3, -0.25) is 0 Å². The number of hydrogen-bond acceptors (Lipinski definition) is 2. The minimum atomic E-state index is -0.445. The standard InChI is InChI=1S/C15H20F2N2/c1-10-2-5-13(16)15(14(10)17)19-7-6-11(9-19)8-18-12-3-4-12/h2,5,11-12,18H,3-4,6-9H2,1H3. The molecule has 0 amide bonds. The molecule has 19 heavy (non-hydrogen) atoms. The molecule has 2 nitrogen and oxygen atoms in total. The van der Waals surface area contributed by atoms with Gasteiger partial charge >= 0.3 is 0 Å². The van der Waals surface area contributed by atoms with Crippen molar-refractivity contribution in [2.75, 3.05) is 24.5 Å². The Kier molecular flexibility index (Phi) is 3.44. The van der Waals surface area contributed by atoms with Crippen LogP contribution in [0.1, 0.15) is 24.8 Å². The molecule has 0 bridgehead atoms. The molecule has 1 heterocycles. The number of nitrogens with one attached hydrogen (secondary N) is 1. The molecule has 3 rings (SSSR count). The van der Waals surface area contributed by atoms with Crippen LogP contribution in [0.2, 0.25) is 0 Å². The van der Waals surface area contributed by atoms with E-state index in [1.807, 2.05) is 4.90 Å². The minimum Gasteiger partial charge on any atom is -0.366 e. The van der Waals surface area contributed by atoms with Gasteiger partial charge in [-0.05, 0) is 50.3 Å². The van der Waals surface area contributed by atoms with Crippen molar-refractivity contribution in [3.63, 3.8) is 0 Å². The number of benzene rings is 1. The third-order valence-electron chi connectivity index (χ3n) is 4.13. The van der Waals surface area contributed by atoms with Crippen molar-refractivity contribution in [3.05, 3.63) is 29.3 Å². The summed E-state index contributed by atoms with van der Waals surface area (Å²) in [5.74, 6) is -0.352. The highest BCUT2D eigenvalue weighted by Crippen LogP contribution is 2.30. The van der Waals surface area contributed by atoms with Crippen molar-refractivity contribution in [3.8, 4) is 0 Å². The van der Waals surface area contributed by atoms with Gasteiger partial charge in [0.15, 0.2) is 5.82 Å². The third-order valence-corrected chi connectivity index (χ3v) is 4.13. The average Bonchev–Trinajstić information content (AvgIpc) is 3.11. The molecule has 0 radical (unpaired) electrons. The van der Waals surface area contributed by atoms with Gasteiger partial charge in [0.2, 0.25) is 0 Å². The Balaban J connectivity index is 1.68. The Bertz CT molecular complexity index is 471. The molecule has 4 heteroatoms. The zero-order chi connectivity index (χ0) is 13.4. The van der Waals surface area contributed by atoms with Crippen molar-refractivity contribution in [2.24, 2.45) is 5.92 Å². The molecule has 2 aliphatic rings. The Morgan fingerprint density at radius 1 is 1.26 bits per heavy atom. The second-order valence-electron chi connectivity index (χ2n) is 5.81. The molecule has 1 N–H and O–H groups in total. The van der Waals surface area contributed by atoms with E-state index in [9.17, 15) is 8.78 Å². The number of rotatable bonds is 4. The molecule has 1 atom stereocenters. The number of halogens is 2. The van der Waals surface area contributed by atoms with Gasteiger partial charge in [0.25, 0.3) is 0 Å². The van der Waals surface area contributed by atoms with Crippen LogP contribution in [0.4, 0.5) is 14.5 Å². The van der Waals surface area contributed by atoms with E-state index >= 15 is 0 Å². The van der Waals surface area contributed by atoms with E-state index in [4.69, 9.17) is 0 Å². The minimum absolute atomic E-state index is 0.161. The summed E-state index contributed by atoms with van der Waals surface area (Å²) in [6.45, 7) is 4.14. The van der Waals surface area contributed by atoms with Crippen LogP contribution in [0.25, 0.3) is 0 Å². The van der Waals surface area contributed by atoms with E-state index in [-0.39, 0.29) is 5.69 Å². The van der Waals surface area contributed by atoms with Gasteiger partial charge in [0, 0.05) is 19.1 Å². The van der Waals surface area contributed by atoms with Crippen LogP contribution >= 0.6 is 0 Å². The van der Waals surface area contributed by atoms with Gasteiger partial charge < -0.3 is 10.2 Å². The summed E-state index contributed by atoms with van der Waals surface area (Å²) >= 11 is 0. The predicted octanol–water partition coefficient (Wildman–Crippen LogP) is 2.85. The molecule has 1 aliphatic carbocycles. The van der Waals surface area contributed by atoms with Gasteiger partial charge in [0.1, 0.15) is 11.5 Å². The largest absolute Gasteiger partial charge is 0.366 e. The van der Waals surface area contributed by atoms with Crippen molar-refractivity contribution in [1.82, 2.24) is 5.32 Å². The lowest BCUT2D eigenvalue weighted by Crippen LogP contribution is -2.28. The van der Waals surface area contributed by atoms with Crippen LogP contribution in [-0.2, 0) is 0 Å². The highest BCUT2D eigenvalue weighted by molar-refractivity contribution is 5.52. The van der Waals surface area contributed by atoms with Crippen LogP contribution in [0.15, 0.2) is 12.1 Å². The number of aryl methyl sites for hydroxylation is 1. The summed E-state index contributed by atoms with van der Waals surface area (Å²) in [6.07, 6.45) is 3.56. The number of nitrogens with zero attached hydrogens (tertiary/aromatic N) is 1. The Morgan fingerprint density at radius 3 is 2.79 bits per heavy atom. The van der Waals surface area contributed by atoms with Gasteiger partial charge in [-0.2, -0.15) is 0 Å². The number of anilines is 1. The lowest BCUT2D eigenvalue weighted by atomic mass is 10.1. The fraction of sp³-hybridized carbons (Fsp3) is 0.600. The molecule has 0 aromatic heterocycles. The third kappa shape index (κ3) is 2.73. The molecular formula is C15H20F2N2. The maximum absolute atomic E-state index is 14.1. The predicted molar refractivity (Wildman–Crippen MR) is 72.4 cm³/mol. The average molecular weight is 266 g/mol. The highest BCUT2D eigenvalue weighted by atomic mass is 19.1. The SMILES string of the molecule is Cc1ccc(F)c(N2CCC(CNC3CC3)C2)c1F. The smallest absolute Gasteiger partial charge is 0.152 e. The zero-order valence-electron chi connectivity index (χ0n) is 11.3. The van der Waals surface area contributed by atoms with Gasteiger partial charge in [-0.1, -0.05) is 6.07 Å². The molecule has 2 fully saturated rings. The molecule has 1 aromatic carbocycles. The topological polar surface area (TPSA) is 15.3 Å². The summed E-state index contributed by atoms with van der Waals surface area (Å²) in [4.78, 5) is 1.86. The van der Waals surface area contributed by atoms with Gasteiger partial charge in [-0.15, -0.1) is 0 Å². The molecule has 0 spiro atoms. The van der Waals surface area contributed by atoms with E-state index in [1.54, 1.807) is 6.92 Å². The van der Waals surface area contributed by atoms with Crippen LogP contribution in [-0.4, -0.2) is 25.7 Å². The van der Waals surface area contributed by atoms with Crippen LogP contribution in [0, 0.1) is 24.5 Å². The first-order valence-electron chi connectivity index (χ1n) is 7.08. The Labute approximate surface area is 112 Å². The van der Waals surface area contributed by atoms with Crippen molar-refractivity contribution in [1.29, 1.82) is 0 Å². The first-order chi connectivity index (χ1) is 9.15. The van der Waals surface area contributed by atoms with E-state index in [0.29, 0.717) is 17.5 Å². The van der Waals surface area contributed by atoms with Crippen molar-refractivity contribution in [2.45, 2.75) is 32.2 Å². The molecule has 1 aromatic rings. The monoisotopic (exact) mass is 266 g/mol. The fourth-order valence-electron chi connectivity index (χ4n) is 2.75. The van der Waals surface area contributed by atoms with E-state index in [2.05, 4.69) is 5.32 Å². The first-order valence-corrected chi connectivity index (χ1v) is 7.08. The van der Waals surface area contributed by atoms with Crippen LogP contribution in [0.3, 0.4) is 0 Å². The second kappa shape index (κ2) is 5.08.